The smallest absolute Gasteiger partial charge is 0.266 e. The van der Waals surface area contributed by atoms with Gasteiger partial charge in [-0.1, -0.05) is 43.0 Å². The maximum atomic E-state index is 13.4. The molecule has 0 bridgehead atoms. The van der Waals surface area contributed by atoms with Crippen LogP contribution in [0.2, 0.25) is 0 Å². The van der Waals surface area contributed by atoms with E-state index >= 15 is 0 Å². The fourth-order valence-electron chi connectivity index (χ4n) is 3.47. The Labute approximate surface area is 201 Å². The highest BCUT2D eigenvalue weighted by Crippen LogP contribution is 2.26. The van der Waals surface area contributed by atoms with Crippen molar-refractivity contribution in [2.24, 2.45) is 5.73 Å². The molecule has 0 spiro atoms. The van der Waals surface area contributed by atoms with E-state index in [-0.39, 0.29) is 11.5 Å². The standard InChI is InChI=1S/C26H24N4O3S/c1-3-17-8-14-20(15-9-17)30-25(33)21-6-4-5-7-22(21)29-26(30)34-16(2)24(32)28-19-12-10-18(11-13-19)23(27)31/h4-16H,3H2,1-2H3,(H2,27,31)(H,28,32). The van der Waals surface area contributed by atoms with Crippen molar-refractivity contribution in [2.75, 3.05) is 5.32 Å². The van der Waals surface area contributed by atoms with Gasteiger partial charge in [0, 0.05) is 11.3 Å². The SMILES string of the molecule is CCc1ccc(-n2c(SC(C)C(=O)Nc3ccc(C(N)=O)cc3)nc3ccccc3c2=O)cc1. The topological polar surface area (TPSA) is 107 Å². The molecule has 4 aromatic rings. The van der Waals surface area contributed by atoms with E-state index in [0.29, 0.717) is 33.0 Å². The molecule has 0 aliphatic carbocycles. The van der Waals surface area contributed by atoms with Crippen molar-refractivity contribution in [3.05, 3.63) is 94.3 Å². The second kappa shape index (κ2) is 9.93. The van der Waals surface area contributed by atoms with Gasteiger partial charge in [-0.05, 0) is 67.4 Å². The Balaban J connectivity index is 1.66. The number of hydrogen-bond donors (Lipinski definition) is 2. The van der Waals surface area contributed by atoms with Crippen molar-refractivity contribution in [1.82, 2.24) is 9.55 Å². The number of nitrogens with two attached hydrogens (primary N) is 1. The Morgan fingerprint density at radius 1 is 1.03 bits per heavy atom. The summed E-state index contributed by atoms with van der Waals surface area (Å²) in [7, 11) is 0. The van der Waals surface area contributed by atoms with Gasteiger partial charge in [0.1, 0.15) is 0 Å². The molecule has 1 atom stereocenters. The molecule has 172 valence electrons. The average Bonchev–Trinajstić information content (AvgIpc) is 2.84. The number of fused-ring (bicyclic) bond motifs is 1. The van der Waals surface area contributed by atoms with E-state index in [2.05, 4.69) is 12.2 Å². The van der Waals surface area contributed by atoms with Crippen LogP contribution in [0.5, 0.6) is 0 Å². The average molecular weight is 473 g/mol. The molecule has 1 unspecified atom stereocenters. The van der Waals surface area contributed by atoms with E-state index in [1.54, 1.807) is 47.9 Å². The van der Waals surface area contributed by atoms with Crippen molar-refractivity contribution in [3.8, 4) is 5.69 Å². The number of benzene rings is 3. The first-order chi connectivity index (χ1) is 16.4. The van der Waals surface area contributed by atoms with Crippen LogP contribution >= 0.6 is 11.8 Å². The maximum Gasteiger partial charge on any atom is 0.266 e. The number of nitrogens with one attached hydrogen (secondary N) is 1. The predicted molar refractivity (Wildman–Crippen MR) is 136 cm³/mol. The van der Waals surface area contributed by atoms with Crippen LogP contribution in [0.15, 0.2) is 82.7 Å². The van der Waals surface area contributed by atoms with Crippen LogP contribution < -0.4 is 16.6 Å². The number of carbonyl (C=O) groups is 2. The molecule has 0 aliphatic rings. The van der Waals surface area contributed by atoms with E-state index in [1.807, 2.05) is 36.4 Å². The third-order valence-electron chi connectivity index (χ3n) is 5.44. The Hall–Kier alpha value is -3.91. The van der Waals surface area contributed by atoms with Gasteiger partial charge in [0.05, 0.1) is 21.8 Å². The second-order valence-electron chi connectivity index (χ2n) is 7.76. The zero-order chi connectivity index (χ0) is 24.2. The lowest BCUT2D eigenvalue weighted by Gasteiger charge is -2.17. The van der Waals surface area contributed by atoms with E-state index in [1.165, 1.54) is 11.8 Å². The molecule has 1 heterocycles. The number of anilines is 1. The van der Waals surface area contributed by atoms with Gasteiger partial charge < -0.3 is 11.1 Å². The van der Waals surface area contributed by atoms with E-state index in [9.17, 15) is 14.4 Å². The number of carbonyl (C=O) groups excluding carboxylic acids is 2. The highest BCUT2D eigenvalue weighted by atomic mass is 32.2. The van der Waals surface area contributed by atoms with Crippen LogP contribution in [0.4, 0.5) is 5.69 Å². The van der Waals surface area contributed by atoms with Crippen LogP contribution in [0.25, 0.3) is 16.6 Å². The molecule has 2 amide bonds. The van der Waals surface area contributed by atoms with Gasteiger partial charge in [-0.25, -0.2) is 4.98 Å². The molecule has 0 saturated heterocycles. The number of para-hydroxylation sites is 1. The first kappa shape index (κ1) is 23.3. The van der Waals surface area contributed by atoms with Crippen molar-refractivity contribution in [3.63, 3.8) is 0 Å². The summed E-state index contributed by atoms with van der Waals surface area (Å²) in [6.45, 7) is 3.82. The largest absolute Gasteiger partial charge is 0.366 e. The molecule has 0 radical (unpaired) electrons. The van der Waals surface area contributed by atoms with Gasteiger partial charge >= 0.3 is 0 Å². The fourth-order valence-corrected chi connectivity index (χ4v) is 4.40. The molecular formula is C26H24N4O3S. The summed E-state index contributed by atoms with van der Waals surface area (Å²) < 4.78 is 1.55. The molecule has 0 fully saturated rings. The molecule has 3 N–H and O–H groups in total. The molecule has 0 saturated carbocycles. The summed E-state index contributed by atoms with van der Waals surface area (Å²) in [5, 5.41) is 3.22. The van der Waals surface area contributed by atoms with Crippen LogP contribution in [0.1, 0.15) is 29.8 Å². The number of aromatic nitrogens is 2. The third kappa shape index (κ3) is 4.87. The monoisotopic (exact) mass is 472 g/mol. The Morgan fingerprint density at radius 3 is 2.35 bits per heavy atom. The molecule has 8 heteroatoms. The van der Waals surface area contributed by atoms with Crippen LogP contribution in [-0.4, -0.2) is 26.6 Å². The lowest BCUT2D eigenvalue weighted by Crippen LogP contribution is -2.26. The number of primary amides is 1. The molecule has 34 heavy (non-hydrogen) atoms. The van der Waals surface area contributed by atoms with Gasteiger partial charge in [0.2, 0.25) is 11.8 Å². The van der Waals surface area contributed by atoms with E-state index in [4.69, 9.17) is 10.7 Å². The third-order valence-corrected chi connectivity index (χ3v) is 6.49. The summed E-state index contributed by atoms with van der Waals surface area (Å²) in [5.74, 6) is -0.791. The molecule has 3 aromatic carbocycles. The summed E-state index contributed by atoms with van der Waals surface area (Å²) in [4.78, 5) is 42.2. The first-order valence-electron chi connectivity index (χ1n) is 10.9. The number of amides is 2. The zero-order valence-corrected chi connectivity index (χ0v) is 19.6. The quantitative estimate of drug-likeness (QED) is 0.310. The number of nitrogens with zero attached hydrogens (tertiary/aromatic N) is 2. The fraction of sp³-hybridized carbons (Fsp3) is 0.154. The number of thioether (sulfide) groups is 1. The minimum Gasteiger partial charge on any atom is -0.366 e. The summed E-state index contributed by atoms with van der Waals surface area (Å²) in [5.41, 5.74) is 8.41. The molecule has 7 nitrogen and oxygen atoms in total. The van der Waals surface area contributed by atoms with Gasteiger partial charge in [-0.15, -0.1) is 0 Å². The number of aryl methyl sites for hydroxylation is 1. The Bertz CT molecular complexity index is 1410. The summed E-state index contributed by atoms with van der Waals surface area (Å²) in [6.07, 6.45) is 0.893. The lowest BCUT2D eigenvalue weighted by atomic mass is 10.1. The van der Waals surface area contributed by atoms with Gasteiger partial charge in [0.15, 0.2) is 5.16 Å². The number of hydrogen-bond acceptors (Lipinski definition) is 5. The maximum absolute atomic E-state index is 13.4. The van der Waals surface area contributed by atoms with Crippen molar-refractivity contribution in [1.29, 1.82) is 0 Å². The van der Waals surface area contributed by atoms with Gasteiger partial charge in [0.25, 0.3) is 5.56 Å². The van der Waals surface area contributed by atoms with Crippen molar-refractivity contribution in [2.45, 2.75) is 30.7 Å². The predicted octanol–water partition coefficient (Wildman–Crippen LogP) is 4.17. The number of rotatable bonds is 7. The second-order valence-corrected chi connectivity index (χ2v) is 9.07. The van der Waals surface area contributed by atoms with Crippen LogP contribution in [-0.2, 0) is 11.2 Å². The molecule has 4 rings (SSSR count). The van der Waals surface area contributed by atoms with Gasteiger partial charge in [-0.2, -0.15) is 0 Å². The van der Waals surface area contributed by atoms with Gasteiger partial charge in [-0.3, -0.25) is 19.0 Å². The van der Waals surface area contributed by atoms with E-state index in [0.717, 1.165) is 12.0 Å². The lowest BCUT2D eigenvalue weighted by molar-refractivity contribution is -0.115. The summed E-state index contributed by atoms with van der Waals surface area (Å²) in [6, 6.07) is 21.3. The minimum absolute atomic E-state index is 0.188. The Kier molecular flexibility index (Phi) is 6.79. The molecule has 1 aromatic heterocycles. The van der Waals surface area contributed by atoms with Crippen molar-refractivity contribution >= 4 is 40.2 Å². The normalized spacial score (nSPS) is 11.8. The first-order valence-corrected chi connectivity index (χ1v) is 11.7. The summed E-state index contributed by atoms with van der Waals surface area (Å²) >= 11 is 1.21. The highest BCUT2D eigenvalue weighted by Gasteiger charge is 2.20. The van der Waals surface area contributed by atoms with Crippen LogP contribution in [0.3, 0.4) is 0 Å². The van der Waals surface area contributed by atoms with Crippen molar-refractivity contribution < 1.29 is 9.59 Å². The zero-order valence-electron chi connectivity index (χ0n) is 18.8. The molecule has 0 aliphatic heterocycles. The molecular weight excluding hydrogens is 448 g/mol. The van der Waals surface area contributed by atoms with Crippen LogP contribution in [0, 0.1) is 0 Å². The Morgan fingerprint density at radius 2 is 1.71 bits per heavy atom. The van der Waals surface area contributed by atoms with E-state index < -0.39 is 11.2 Å². The highest BCUT2D eigenvalue weighted by molar-refractivity contribution is 8.00. The minimum atomic E-state index is -0.551.